The van der Waals surface area contributed by atoms with Gasteiger partial charge < -0.3 is 10.1 Å². The lowest BCUT2D eigenvalue weighted by molar-refractivity contribution is -0.121. The molecule has 35 heavy (non-hydrogen) atoms. The summed E-state index contributed by atoms with van der Waals surface area (Å²) in [5.74, 6) is -0.396. The number of ether oxygens (including phenoxy) is 1. The van der Waals surface area contributed by atoms with Gasteiger partial charge in [0.1, 0.15) is 0 Å². The van der Waals surface area contributed by atoms with E-state index in [2.05, 4.69) is 15.0 Å². The van der Waals surface area contributed by atoms with E-state index in [1.165, 1.54) is 17.4 Å². The van der Waals surface area contributed by atoms with Crippen LogP contribution in [0.4, 0.5) is 10.8 Å². The Kier molecular flexibility index (Phi) is 7.23. The highest BCUT2D eigenvalue weighted by Gasteiger charge is 2.31. The van der Waals surface area contributed by atoms with Crippen LogP contribution in [0.15, 0.2) is 47.4 Å². The monoisotopic (exact) mass is 553 g/mol. The highest BCUT2D eigenvalue weighted by Crippen LogP contribution is 2.33. The Morgan fingerprint density at radius 2 is 2.00 bits per heavy atom. The Labute approximate surface area is 218 Å². The number of hydrogen-bond donors (Lipinski definition) is 2. The first-order valence-corrected chi connectivity index (χ1v) is 14.7. The zero-order valence-corrected chi connectivity index (χ0v) is 21.9. The minimum atomic E-state index is -3.83. The van der Waals surface area contributed by atoms with Crippen molar-refractivity contribution in [2.75, 3.05) is 16.6 Å². The Morgan fingerprint density at radius 3 is 2.80 bits per heavy atom. The molecule has 2 aliphatic rings. The molecular weight excluding hydrogens is 529 g/mol. The van der Waals surface area contributed by atoms with Gasteiger partial charge in [-0.25, -0.2) is 13.4 Å². The van der Waals surface area contributed by atoms with Gasteiger partial charge in [0, 0.05) is 23.6 Å². The molecule has 1 aliphatic heterocycles. The van der Waals surface area contributed by atoms with Crippen LogP contribution in [0.5, 0.6) is 0 Å². The summed E-state index contributed by atoms with van der Waals surface area (Å²) >= 11 is 13.8. The lowest BCUT2D eigenvalue weighted by Crippen LogP contribution is -2.35. The summed E-state index contributed by atoms with van der Waals surface area (Å²) < 4.78 is 35.5. The molecule has 1 saturated carbocycles. The Hall–Kier alpha value is -1.91. The average molecular weight is 555 g/mol. The summed E-state index contributed by atoms with van der Waals surface area (Å²) in [4.78, 5) is 17.1. The van der Waals surface area contributed by atoms with Crippen LogP contribution < -0.4 is 10.0 Å². The number of amides is 1. The van der Waals surface area contributed by atoms with Gasteiger partial charge in [-0.05, 0) is 68.0 Å². The second kappa shape index (κ2) is 10.2. The van der Waals surface area contributed by atoms with Gasteiger partial charge in [-0.2, -0.15) is 0 Å². The second-order valence-electron chi connectivity index (χ2n) is 8.93. The fourth-order valence-corrected chi connectivity index (χ4v) is 7.51. The second-order valence-corrected chi connectivity index (χ2v) is 12.8. The number of carbonyl (C=O) groups is 1. The third-order valence-electron chi connectivity index (χ3n) is 6.44. The third kappa shape index (κ3) is 5.59. The standard InChI is InChI=1S/C24H25Cl2N3O4S2/c25-16-5-8-21(18(26)13-16)33-10-9-14-11-15-12-17(6-7-19(15)27-23(14)30)35(31,32)29-24-28-20-3-1-2-4-22(20)34-24/h1-4,6-7,12,14,16,18,21H,5,8-11,13H2,(H,27,30)(H,28,29). The molecule has 1 aromatic heterocycles. The number of hydrogen-bond acceptors (Lipinski definition) is 6. The fourth-order valence-electron chi connectivity index (χ4n) is 4.53. The molecule has 4 atom stereocenters. The van der Waals surface area contributed by atoms with Gasteiger partial charge in [-0.15, -0.1) is 23.2 Å². The van der Waals surface area contributed by atoms with E-state index in [0.29, 0.717) is 36.7 Å². The Balaban J connectivity index is 1.25. The summed E-state index contributed by atoms with van der Waals surface area (Å²) in [6.45, 7) is 0.408. The zero-order valence-electron chi connectivity index (χ0n) is 18.7. The van der Waals surface area contributed by atoms with Crippen molar-refractivity contribution in [3.05, 3.63) is 48.0 Å². The van der Waals surface area contributed by atoms with E-state index < -0.39 is 10.0 Å². The van der Waals surface area contributed by atoms with Gasteiger partial charge in [0.25, 0.3) is 10.0 Å². The SMILES string of the molecule is O=C1Nc2ccc(S(=O)(=O)Nc3nc4ccccc4s3)cc2CC1CCOC1CCC(Cl)CC1Cl. The van der Waals surface area contributed by atoms with Crippen molar-refractivity contribution in [3.63, 3.8) is 0 Å². The Morgan fingerprint density at radius 1 is 1.17 bits per heavy atom. The maximum absolute atomic E-state index is 13.0. The number of para-hydroxylation sites is 1. The summed E-state index contributed by atoms with van der Waals surface area (Å²) in [5, 5.41) is 3.18. The molecule has 1 fully saturated rings. The summed E-state index contributed by atoms with van der Waals surface area (Å²) in [6, 6.07) is 12.2. The number of alkyl halides is 2. The van der Waals surface area contributed by atoms with Crippen LogP contribution in [0.2, 0.25) is 0 Å². The lowest BCUT2D eigenvalue weighted by Gasteiger charge is -2.31. The Bertz CT molecular complexity index is 1310. The van der Waals surface area contributed by atoms with E-state index in [1.807, 2.05) is 24.3 Å². The molecule has 2 N–H and O–H groups in total. The largest absolute Gasteiger partial charge is 0.377 e. The fraction of sp³-hybridized carbons (Fsp3) is 0.417. The van der Waals surface area contributed by atoms with Crippen molar-refractivity contribution in [1.29, 1.82) is 0 Å². The molecule has 2 aromatic carbocycles. The number of carbonyl (C=O) groups excluding carboxylic acids is 1. The van der Waals surface area contributed by atoms with Crippen molar-refractivity contribution in [2.24, 2.45) is 5.92 Å². The van der Waals surface area contributed by atoms with E-state index >= 15 is 0 Å². The number of anilines is 2. The van der Waals surface area contributed by atoms with Crippen LogP contribution in [0.3, 0.4) is 0 Å². The van der Waals surface area contributed by atoms with Crippen LogP contribution in [0.1, 0.15) is 31.2 Å². The van der Waals surface area contributed by atoms with Crippen molar-refractivity contribution in [3.8, 4) is 0 Å². The van der Waals surface area contributed by atoms with Gasteiger partial charge in [0.2, 0.25) is 5.91 Å². The zero-order chi connectivity index (χ0) is 24.6. The molecule has 0 bridgehead atoms. The topological polar surface area (TPSA) is 97.4 Å². The molecule has 1 amide bonds. The van der Waals surface area contributed by atoms with Crippen molar-refractivity contribution in [1.82, 2.24) is 4.98 Å². The number of fused-ring (bicyclic) bond motifs is 2. The van der Waals surface area contributed by atoms with Crippen LogP contribution in [0, 0.1) is 5.92 Å². The number of thiazole rings is 1. The summed E-state index contributed by atoms with van der Waals surface area (Å²) in [7, 11) is -3.83. The molecule has 7 nitrogen and oxygen atoms in total. The quantitative estimate of drug-likeness (QED) is 0.382. The molecule has 186 valence electrons. The maximum atomic E-state index is 13.0. The van der Waals surface area contributed by atoms with Crippen molar-refractivity contribution < 1.29 is 17.9 Å². The van der Waals surface area contributed by atoms with E-state index in [9.17, 15) is 13.2 Å². The molecule has 0 spiro atoms. The molecular formula is C24H25Cl2N3O4S2. The van der Waals surface area contributed by atoms with Crippen LogP contribution in [-0.4, -0.2) is 42.8 Å². The van der Waals surface area contributed by atoms with Crippen LogP contribution >= 0.6 is 34.5 Å². The number of sulfonamides is 1. The number of nitrogens with zero attached hydrogens (tertiary/aromatic N) is 1. The first kappa shape index (κ1) is 24.8. The van der Waals surface area contributed by atoms with Crippen LogP contribution in [-0.2, 0) is 26.0 Å². The normalized spacial score (nSPS) is 24.7. The number of benzene rings is 2. The first-order chi connectivity index (χ1) is 16.8. The van der Waals surface area contributed by atoms with E-state index in [1.54, 1.807) is 12.1 Å². The third-order valence-corrected chi connectivity index (χ3v) is 9.72. The molecule has 1 aliphatic carbocycles. The lowest BCUT2D eigenvalue weighted by atomic mass is 9.91. The van der Waals surface area contributed by atoms with Gasteiger partial charge in [-0.3, -0.25) is 9.52 Å². The number of halogens is 2. The predicted molar refractivity (Wildman–Crippen MR) is 140 cm³/mol. The number of rotatable bonds is 7. The molecule has 0 saturated heterocycles. The highest BCUT2D eigenvalue weighted by atomic mass is 35.5. The average Bonchev–Trinajstić information content (AvgIpc) is 3.22. The number of nitrogens with one attached hydrogen (secondary N) is 2. The van der Waals surface area contributed by atoms with E-state index in [4.69, 9.17) is 27.9 Å². The van der Waals surface area contributed by atoms with Crippen LogP contribution in [0.25, 0.3) is 10.2 Å². The van der Waals surface area contributed by atoms with Gasteiger partial charge in [-0.1, -0.05) is 23.5 Å². The maximum Gasteiger partial charge on any atom is 0.263 e. The molecule has 5 rings (SSSR count). The first-order valence-electron chi connectivity index (χ1n) is 11.5. The minimum Gasteiger partial charge on any atom is -0.377 e. The molecule has 2 heterocycles. The smallest absolute Gasteiger partial charge is 0.263 e. The summed E-state index contributed by atoms with van der Waals surface area (Å²) in [5.41, 5.74) is 2.15. The van der Waals surface area contributed by atoms with Gasteiger partial charge in [0.05, 0.1) is 26.6 Å². The van der Waals surface area contributed by atoms with Crippen molar-refractivity contribution >= 4 is 71.5 Å². The predicted octanol–water partition coefficient (Wildman–Crippen LogP) is 5.38. The molecule has 3 aromatic rings. The highest BCUT2D eigenvalue weighted by molar-refractivity contribution is 7.93. The van der Waals surface area contributed by atoms with E-state index in [0.717, 1.165) is 28.6 Å². The number of aromatic nitrogens is 1. The summed E-state index contributed by atoms with van der Waals surface area (Å²) in [6.07, 6.45) is 3.30. The van der Waals surface area contributed by atoms with E-state index in [-0.39, 0.29) is 33.6 Å². The van der Waals surface area contributed by atoms with Gasteiger partial charge >= 0.3 is 0 Å². The molecule has 0 radical (unpaired) electrons. The minimum absolute atomic E-state index is 0.0593. The van der Waals surface area contributed by atoms with Gasteiger partial charge in [0.15, 0.2) is 5.13 Å². The molecule has 4 unspecified atom stereocenters. The van der Waals surface area contributed by atoms with Crippen molar-refractivity contribution in [2.45, 2.75) is 53.9 Å². The molecule has 11 heteroatoms.